The summed E-state index contributed by atoms with van der Waals surface area (Å²) in [4.78, 5) is 16.2. The maximum atomic E-state index is 12.0. The fourth-order valence-corrected chi connectivity index (χ4v) is 2.48. The number of nitrogens with zero attached hydrogens (tertiary/aromatic N) is 2. The second-order valence-electron chi connectivity index (χ2n) is 6.25. The Hall–Kier alpha value is -0.650. The summed E-state index contributed by atoms with van der Waals surface area (Å²) >= 11 is 0. The zero-order chi connectivity index (χ0) is 13.4. The van der Waals surface area contributed by atoms with Gasteiger partial charge in [0.15, 0.2) is 0 Å². The molecule has 0 aromatic heterocycles. The van der Waals surface area contributed by atoms with E-state index >= 15 is 0 Å². The standard InChI is InChI=1S/C12H26N4O/c1-9-8-15(10(17)12(5,13)14)6-7-16(9)11(2,3)4/h9H,6-8,13-14H2,1-5H3/t9-/m0/s1. The highest BCUT2D eigenvalue weighted by molar-refractivity contribution is 5.85. The van der Waals surface area contributed by atoms with Gasteiger partial charge in [-0.25, -0.2) is 0 Å². The molecule has 1 rings (SSSR count). The third kappa shape index (κ3) is 3.40. The maximum absolute atomic E-state index is 12.0. The number of amides is 1. The van der Waals surface area contributed by atoms with Crippen LogP contribution >= 0.6 is 0 Å². The topological polar surface area (TPSA) is 75.6 Å². The van der Waals surface area contributed by atoms with Gasteiger partial charge in [0.2, 0.25) is 0 Å². The van der Waals surface area contributed by atoms with Crippen molar-refractivity contribution in [2.75, 3.05) is 19.6 Å². The lowest BCUT2D eigenvalue weighted by Gasteiger charge is -2.47. The Morgan fingerprint density at radius 3 is 2.06 bits per heavy atom. The van der Waals surface area contributed by atoms with Crippen LogP contribution in [0, 0.1) is 0 Å². The van der Waals surface area contributed by atoms with Gasteiger partial charge in [0.25, 0.3) is 5.91 Å². The van der Waals surface area contributed by atoms with Gasteiger partial charge in [-0.2, -0.15) is 0 Å². The number of carbonyl (C=O) groups is 1. The lowest BCUT2D eigenvalue weighted by atomic mass is 10.0. The highest BCUT2D eigenvalue weighted by Gasteiger charge is 2.36. The molecule has 1 atom stereocenters. The molecule has 100 valence electrons. The van der Waals surface area contributed by atoms with Gasteiger partial charge in [0, 0.05) is 31.2 Å². The van der Waals surface area contributed by atoms with Gasteiger partial charge in [-0.15, -0.1) is 0 Å². The van der Waals surface area contributed by atoms with Crippen molar-refractivity contribution in [1.29, 1.82) is 0 Å². The number of nitrogens with two attached hydrogens (primary N) is 2. The molecule has 0 aromatic rings. The molecule has 1 amide bonds. The fourth-order valence-electron chi connectivity index (χ4n) is 2.48. The quantitative estimate of drug-likeness (QED) is 0.632. The monoisotopic (exact) mass is 242 g/mol. The minimum Gasteiger partial charge on any atom is -0.337 e. The highest BCUT2D eigenvalue weighted by atomic mass is 16.2. The maximum Gasteiger partial charge on any atom is 0.257 e. The van der Waals surface area contributed by atoms with Crippen LogP contribution < -0.4 is 11.5 Å². The van der Waals surface area contributed by atoms with E-state index < -0.39 is 5.66 Å². The Balaban J connectivity index is 2.68. The molecule has 5 nitrogen and oxygen atoms in total. The van der Waals surface area contributed by atoms with Crippen LogP contribution in [-0.2, 0) is 4.79 Å². The van der Waals surface area contributed by atoms with Crippen molar-refractivity contribution in [3.63, 3.8) is 0 Å². The molecule has 0 radical (unpaired) electrons. The SMILES string of the molecule is C[C@H]1CN(C(=O)C(C)(N)N)CCN1C(C)(C)C. The van der Waals surface area contributed by atoms with Crippen molar-refractivity contribution in [2.24, 2.45) is 11.5 Å². The third-order valence-corrected chi connectivity index (χ3v) is 3.24. The number of hydrogen-bond donors (Lipinski definition) is 2. The first kappa shape index (κ1) is 14.4. The van der Waals surface area contributed by atoms with Crippen molar-refractivity contribution >= 4 is 5.91 Å². The fraction of sp³-hybridized carbons (Fsp3) is 0.917. The minimum absolute atomic E-state index is 0.128. The van der Waals surface area contributed by atoms with Gasteiger partial charge in [0.05, 0.1) is 0 Å². The molecule has 0 spiro atoms. The Morgan fingerprint density at radius 1 is 1.18 bits per heavy atom. The molecule has 1 saturated heterocycles. The van der Waals surface area contributed by atoms with Gasteiger partial charge < -0.3 is 16.4 Å². The smallest absolute Gasteiger partial charge is 0.257 e. The van der Waals surface area contributed by atoms with Crippen LogP contribution in [0.1, 0.15) is 34.6 Å². The molecule has 1 aliphatic heterocycles. The van der Waals surface area contributed by atoms with Crippen LogP contribution in [0.5, 0.6) is 0 Å². The first-order valence-corrected chi connectivity index (χ1v) is 6.17. The highest BCUT2D eigenvalue weighted by Crippen LogP contribution is 2.21. The minimum atomic E-state index is -1.26. The van der Waals surface area contributed by atoms with Crippen LogP contribution in [0.2, 0.25) is 0 Å². The summed E-state index contributed by atoms with van der Waals surface area (Å²) in [7, 11) is 0. The van der Waals surface area contributed by atoms with E-state index in [1.807, 2.05) is 0 Å². The average Bonchev–Trinajstić information content (AvgIpc) is 2.12. The molecule has 1 fully saturated rings. The van der Waals surface area contributed by atoms with Crippen molar-refractivity contribution in [3.05, 3.63) is 0 Å². The van der Waals surface area contributed by atoms with E-state index in [1.165, 1.54) is 0 Å². The molecule has 5 heteroatoms. The van der Waals surface area contributed by atoms with E-state index in [0.717, 1.165) is 6.54 Å². The number of hydrogen-bond acceptors (Lipinski definition) is 4. The van der Waals surface area contributed by atoms with E-state index in [0.29, 0.717) is 19.1 Å². The summed E-state index contributed by atoms with van der Waals surface area (Å²) < 4.78 is 0. The van der Waals surface area contributed by atoms with Gasteiger partial charge in [-0.05, 0) is 34.6 Å². The summed E-state index contributed by atoms with van der Waals surface area (Å²) in [6.07, 6.45) is 0. The normalized spacial score (nSPS) is 23.9. The lowest BCUT2D eigenvalue weighted by Crippen LogP contribution is -2.65. The zero-order valence-corrected chi connectivity index (χ0v) is 11.7. The Labute approximate surface area is 104 Å². The van der Waals surface area contributed by atoms with Crippen molar-refractivity contribution < 1.29 is 4.79 Å². The van der Waals surface area contributed by atoms with E-state index in [1.54, 1.807) is 11.8 Å². The first-order chi connectivity index (χ1) is 7.53. The molecule has 1 heterocycles. The second-order valence-corrected chi connectivity index (χ2v) is 6.25. The Morgan fingerprint density at radius 2 is 1.71 bits per heavy atom. The Kier molecular flexibility index (Phi) is 3.86. The molecule has 0 bridgehead atoms. The first-order valence-electron chi connectivity index (χ1n) is 6.17. The van der Waals surface area contributed by atoms with E-state index in [-0.39, 0.29) is 11.4 Å². The molecule has 4 N–H and O–H groups in total. The van der Waals surface area contributed by atoms with Gasteiger partial charge in [-0.1, -0.05) is 0 Å². The van der Waals surface area contributed by atoms with Crippen molar-refractivity contribution in [2.45, 2.75) is 51.9 Å². The van der Waals surface area contributed by atoms with Crippen LogP contribution in [-0.4, -0.2) is 52.6 Å². The third-order valence-electron chi connectivity index (χ3n) is 3.24. The molecule has 1 aliphatic rings. The molecule has 0 aliphatic carbocycles. The molecule has 0 saturated carbocycles. The van der Waals surface area contributed by atoms with Crippen LogP contribution in [0.25, 0.3) is 0 Å². The average molecular weight is 242 g/mol. The van der Waals surface area contributed by atoms with E-state index in [9.17, 15) is 4.79 Å². The van der Waals surface area contributed by atoms with Gasteiger partial charge in [0.1, 0.15) is 5.66 Å². The number of piperazine rings is 1. The second kappa shape index (κ2) is 4.55. The zero-order valence-electron chi connectivity index (χ0n) is 11.7. The Bertz CT molecular complexity index is 290. The molecular formula is C12H26N4O. The summed E-state index contributed by atoms with van der Waals surface area (Å²) in [5.41, 5.74) is 10.2. The number of carbonyl (C=O) groups excluding carboxylic acids is 1. The predicted octanol–water partition coefficient (Wildman–Crippen LogP) is -0.0488. The predicted molar refractivity (Wildman–Crippen MR) is 69.3 cm³/mol. The summed E-state index contributed by atoms with van der Waals surface area (Å²) in [5.74, 6) is -0.169. The molecular weight excluding hydrogens is 216 g/mol. The summed E-state index contributed by atoms with van der Waals surface area (Å²) in [5, 5.41) is 0. The molecule has 0 unspecified atom stereocenters. The molecule has 0 aromatic carbocycles. The largest absolute Gasteiger partial charge is 0.337 e. The van der Waals surface area contributed by atoms with E-state index in [4.69, 9.17) is 11.5 Å². The van der Waals surface area contributed by atoms with Crippen LogP contribution in [0.3, 0.4) is 0 Å². The van der Waals surface area contributed by atoms with Crippen LogP contribution in [0.15, 0.2) is 0 Å². The summed E-state index contributed by atoms with van der Waals surface area (Å²) in [6.45, 7) is 12.5. The van der Waals surface area contributed by atoms with Gasteiger partial charge in [-0.3, -0.25) is 9.69 Å². The lowest BCUT2D eigenvalue weighted by molar-refractivity contribution is -0.140. The summed E-state index contributed by atoms with van der Waals surface area (Å²) in [6, 6.07) is 0.329. The van der Waals surface area contributed by atoms with Gasteiger partial charge >= 0.3 is 0 Å². The van der Waals surface area contributed by atoms with Crippen molar-refractivity contribution in [3.8, 4) is 0 Å². The van der Waals surface area contributed by atoms with Crippen molar-refractivity contribution in [1.82, 2.24) is 9.80 Å². The van der Waals surface area contributed by atoms with E-state index in [2.05, 4.69) is 32.6 Å². The molecule has 17 heavy (non-hydrogen) atoms. The van der Waals surface area contributed by atoms with Crippen LogP contribution in [0.4, 0.5) is 0 Å². The number of rotatable bonds is 1.